The molecule has 0 radical (unpaired) electrons. The van der Waals surface area contributed by atoms with E-state index in [1.807, 2.05) is 6.07 Å². The van der Waals surface area contributed by atoms with Crippen molar-refractivity contribution in [2.45, 2.75) is 18.9 Å². The number of nitrogens with one attached hydrogen (secondary N) is 2. The van der Waals surface area contributed by atoms with Gasteiger partial charge in [0, 0.05) is 24.7 Å². The van der Waals surface area contributed by atoms with Crippen molar-refractivity contribution >= 4 is 34.2 Å². The van der Waals surface area contributed by atoms with E-state index in [4.69, 9.17) is 5.26 Å². The average molecular weight is 412 g/mol. The maximum Gasteiger partial charge on any atom is 0.273 e. The van der Waals surface area contributed by atoms with Gasteiger partial charge in [-0.2, -0.15) is 5.26 Å². The maximum atomic E-state index is 12.5. The molecule has 2 fully saturated rings. The van der Waals surface area contributed by atoms with Crippen LogP contribution in [0.5, 0.6) is 0 Å². The highest BCUT2D eigenvalue weighted by atomic mass is 32.1. The van der Waals surface area contributed by atoms with Crippen LogP contribution in [0.25, 0.3) is 0 Å². The van der Waals surface area contributed by atoms with Gasteiger partial charge in [0.15, 0.2) is 5.13 Å². The minimum atomic E-state index is -0.267. The first kappa shape index (κ1) is 19.2. The summed E-state index contributed by atoms with van der Waals surface area (Å²) in [7, 11) is 0. The molecule has 0 saturated carbocycles. The summed E-state index contributed by atoms with van der Waals surface area (Å²) >= 11 is 1.28. The van der Waals surface area contributed by atoms with E-state index >= 15 is 0 Å². The minimum Gasteiger partial charge on any atom is -0.353 e. The Hall–Kier alpha value is -3.10. The third-order valence-electron chi connectivity index (χ3n) is 4.92. The molecule has 2 amide bonds. The van der Waals surface area contributed by atoms with Gasteiger partial charge in [0.1, 0.15) is 5.69 Å². The number of anilines is 2. The van der Waals surface area contributed by atoms with Crippen LogP contribution < -0.4 is 10.6 Å². The molecule has 1 atom stereocenters. The number of carbonyl (C=O) groups excluding carboxylic acids is 2. The molecule has 2 aliphatic rings. The average Bonchev–Trinajstić information content (AvgIpc) is 3.38. The van der Waals surface area contributed by atoms with Crippen LogP contribution in [0, 0.1) is 11.3 Å². The fourth-order valence-electron chi connectivity index (χ4n) is 3.56. The number of piperazine rings is 1. The van der Waals surface area contributed by atoms with E-state index in [0.29, 0.717) is 36.4 Å². The summed E-state index contributed by atoms with van der Waals surface area (Å²) in [6.07, 6.45) is 3.67. The highest BCUT2D eigenvalue weighted by Crippen LogP contribution is 2.30. The van der Waals surface area contributed by atoms with Crippen molar-refractivity contribution in [3.8, 4) is 6.07 Å². The van der Waals surface area contributed by atoms with Gasteiger partial charge in [0.25, 0.3) is 5.91 Å². The molecule has 0 unspecified atom stereocenters. The van der Waals surface area contributed by atoms with Crippen LogP contribution >= 0.6 is 11.3 Å². The zero-order chi connectivity index (χ0) is 20.2. The standard InChI is InChI=1S/C18H20N8O2S/c19-4-8-25-7-1-2-14(25)12-3-5-21-17(22-12)24-18-23-13(11-29-18)16(28)26-9-6-20-15(27)10-26/h3,5,11,14H,1-2,6-10H2,(H,20,27)(H,21,22,23,24)/t14-/m0/s1. The van der Waals surface area contributed by atoms with Crippen molar-refractivity contribution in [2.75, 3.05) is 38.0 Å². The third kappa shape index (κ3) is 4.33. The minimum absolute atomic E-state index is 0.0465. The predicted molar refractivity (Wildman–Crippen MR) is 106 cm³/mol. The number of nitrogens with zero attached hydrogens (tertiary/aromatic N) is 6. The molecular formula is C18H20N8O2S. The monoisotopic (exact) mass is 412 g/mol. The van der Waals surface area contributed by atoms with Crippen LogP contribution in [0.3, 0.4) is 0 Å². The van der Waals surface area contributed by atoms with Crippen molar-refractivity contribution in [3.05, 3.63) is 29.0 Å². The normalized spacial score (nSPS) is 19.6. The van der Waals surface area contributed by atoms with E-state index in [1.165, 1.54) is 16.2 Å². The lowest BCUT2D eigenvalue weighted by atomic mass is 10.1. The van der Waals surface area contributed by atoms with Crippen LogP contribution in [0.4, 0.5) is 11.1 Å². The molecule has 2 aliphatic heterocycles. The van der Waals surface area contributed by atoms with Crippen molar-refractivity contribution in [2.24, 2.45) is 0 Å². The van der Waals surface area contributed by atoms with Gasteiger partial charge in [-0.05, 0) is 25.5 Å². The van der Waals surface area contributed by atoms with Crippen LogP contribution in [-0.2, 0) is 4.79 Å². The molecule has 0 spiro atoms. The highest BCUT2D eigenvalue weighted by Gasteiger charge is 2.27. The molecule has 10 nitrogen and oxygen atoms in total. The Labute approximate surface area is 171 Å². The molecule has 150 valence electrons. The molecule has 2 saturated heterocycles. The summed E-state index contributed by atoms with van der Waals surface area (Å²) in [4.78, 5) is 40.8. The molecular weight excluding hydrogens is 392 g/mol. The van der Waals surface area contributed by atoms with Crippen LogP contribution in [0.2, 0.25) is 0 Å². The number of amides is 2. The summed E-state index contributed by atoms with van der Waals surface area (Å²) in [5.74, 6) is -0.0327. The van der Waals surface area contributed by atoms with E-state index in [9.17, 15) is 9.59 Å². The zero-order valence-electron chi connectivity index (χ0n) is 15.7. The number of carbonyl (C=O) groups is 2. The molecule has 2 N–H and O–H groups in total. The van der Waals surface area contributed by atoms with Gasteiger partial charge in [-0.1, -0.05) is 0 Å². The maximum absolute atomic E-state index is 12.5. The Morgan fingerprint density at radius 3 is 3.14 bits per heavy atom. The topological polar surface area (TPSA) is 127 Å². The first-order valence-electron chi connectivity index (χ1n) is 9.36. The Morgan fingerprint density at radius 2 is 2.31 bits per heavy atom. The van der Waals surface area contributed by atoms with Crippen LogP contribution in [0.1, 0.15) is 35.1 Å². The summed E-state index contributed by atoms with van der Waals surface area (Å²) < 4.78 is 0. The zero-order valence-corrected chi connectivity index (χ0v) is 16.5. The smallest absolute Gasteiger partial charge is 0.273 e. The number of aromatic nitrogens is 3. The summed E-state index contributed by atoms with van der Waals surface area (Å²) in [6, 6.07) is 4.18. The second-order valence-electron chi connectivity index (χ2n) is 6.83. The Morgan fingerprint density at radius 1 is 1.41 bits per heavy atom. The van der Waals surface area contributed by atoms with Gasteiger partial charge >= 0.3 is 0 Å². The molecule has 0 aromatic carbocycles. The Kier molecular flexibility index (Phi) is 5.64. The van der Waals surface area contributed by atoms with Gasteiger partial charge in [-0.25, -0.2) is 15.0 Å². The fourth-order valence-corrected chi connectivity index (χ4v) is 4.24. The van der Waals surface area contributed by atoms with E-state index < -0.39 is 0 Å². The predicted octanol–water partition coefficient (Wildman–Crippen LogP) is 0.909. The summed E-state index contributed by atoms with van der Waals surface area (Å²) in [5.41, 5.74) is 1.15. The highest BCUT2D eigenvalue weighted by molar-refractivity contribution is 7.14. The number of hydrogen-bond donors (Lipinski definition) is 2. The molecule has 0 bridgehead atoms. The van der Waals surface area contributed by atoms with E-state index in [1.54, 1.807) is 11.6 Å². The fraction of sp³-hybridized carbons (Fsp3) is 0.444. The van der Waals surface area contributed by atoms with Gasteiger partial charge < -0.3 is 15.5 Å². The molecule has 2 aromatic rings. The van der Waals surface area contributed by atoms with Gasteiger partial charge in [0.2, 0.25) is 11.9 Å². The van der Waals surface area contributed by atoms with Crippen molar-refractivity contribution in [3.63, 3.8) is 0 Å². The summed E-state index contributed by atoms with van der Waals surface area (Å²) in [5, 5.41) is 16.9. The third-order valence-corrected chi connectivity index (χ3v) is 5.68. The van der Waals surface area contributed by atoms with Gasteiger partial charge in [0.05, 0.1) is 30.9 Å². The first-order valence-corrected chi connectivity index (χ1v) is 10.2. The molecule has 4 rings (SSSR count). The summed E-state index contributed by atoms with van der Waals surface area (Å²) in [6.45, 7) is 2.23. The second-order valence-corrected chi connectivity index (χ2v) is 7.69. The lowest BCUT2D eigenvalue weighted by Gasteiger charge is -2.25. The molecule has 29 heavy (non-hydrogen) atoms. The van der Waals surface area contributed by atoms with E-state index in [2.05, 4.69) is 36.6 Å². The van der Waals surface area contributed by atoms with Crippen LogP contribution in [-0.4, -0.2) is 69.3 Å². The van der Waals surface area contributed by atoms with Crippen molar-refractivity contribution < 1.29 is 9.59 Å². The van der Waals surface area contributed by atoms with Crippen molar-refractivity contribution in [1.82, 2.24) is 30.1 Å². The Bertz CT molecular complexity index is 955. The number of likely N-dealkylation sites (tertiary alicyclic amines) is 1. The Balaban J connectivity index is 1.44. The second kappa shape index (κ2) is 8.50. The SMILES string of the molecule is N#CCN1CCC[C@H]1c1ccnc(Nc2nc(C(=O)N3CCNC(=O)C3)cs2)n1. The molecule has 11 heteroatoms. The van der Waals surface area contributed by atoms with Crippen molar-refractivity contribution in [1.29, 1.82) is 5.26 Å². The van der Waals surface area contributed by atoms with E-state index in [-0.39, 0.29) is 24.4 Å². The lowest BCUT2D eigenvalue weighted by molar-refractivity contribution is -0.123. The molecule has 0 aliphatic carbocycles. The number of hydrogen-bond acceptors (Lipinski definition) is 9. The lowest BCUT2D eigenvalue weighted by Crippen LogP contribution is -2.50. The molecule has 4 heterocycles. The van der Waals surface area contributed by atoms with E-state index in [0.717, 1.165) is 25.1 Å². The number of thiazole rings is 1. The molecule has 2 aromatic heterocycles. The quantitative estimate of drug-likeness (QED) is 0.694. The number of rotatable bonds is 5. The number of nitriles is 1. The largest absolute Gasteiger partial charge is 0.353 e. The first-order chi connectivity index (χ1) is 14.1. The van der Waals surface area contributed by atoms with Crippen LogP contribution in [0.15, 0.2) is 17.6 Å². The van der Waals surface area contributed by atoms with Gasteiger partial charge in [-0.15, -0.1) is 11.3 Å². The van der Waals surface area contributed by atoms with Gasteiger partial charge in [-0.3, -0.25) is 14.5 Å².